The van der Waals surface area contributed by atoms with Gasteiger partial charge in [0.05, 0.1) is 23.4 Å². The van der Waals surface area contributed by atoms with Gasteiger partial charge in [-0.1, -0.05) is 23.7 Å². The van der Waals surface area contributed by atoms with E-state index in [1.54, 1.807) is 49.5 Å². The van der Waals surface area contributed by atoms with Gasteiger partial charge in [-0.15, -0.1) is 0 Å². The molecule has 3 aromatic carbocycles. The number of benzene rings is 3. The number of fused-ring (bicyclic) bond motifs is 1. The largest absolute Gasteiger partial charge is 0.487 e. The highest BCUT2D eigenvalue weighted by molar-refractivity contribution is 7.90. The van der Waals surface area contributed by atoms with Crippen LogP contribution in [-0.2, 0) is 21.3 Å². The van der Waals surface area contributed by atoms with Gasteiger partial charge in [0.15, 0.2) is 0 Å². The van der Waals surface area contributed by atoms with E-state index >= 15 is 0 Å². The molecule has 5 rings (SSSR count). The number of hydrogen-bond acceptors (Lipinski definition) is 9. The number of aromatic nitrogens is 2. The minimum Gasteiger partial charge on any atom is -0.487 e. The smallest absolute Gasteiger partial charge is 0.149 e. The molecule has 0 aliphatic carbocycles. The third-order valence-electron chi connectivity index (χ3n) is 6.54. The molecule has 0 bridgehead atoms. The predicted molar refractivity (Wildman–Crippen MR) is 160 cm³/mol. The summed E-state index contributed by atoms with van der Waals surface area (Å²) in [5.41, 5.74) is 2.83. The number of nitrogens with one attached hydrogen (secondary N) is 1. The van der Waals surface area contributed by atoms with E-state index in [4.69, 9.17) is 25.6 Å². The van der Waals surface area contributed by atoms with Crippen LogP contribution in [0, 0.1) is 5.82 Å². The fourth-order valence-electron chi connectivity index (χ4n) is 4.40. The maximum Gasteiger partial charge on any atom is 0.149 e. The molecule has 0 saturated carbocycles. The molecule has 0 saturated heterocycles. The zero-order chi connectivity index (χ0) is 29.9. The molecular weight excluding hydrogens is 583 g/mol. The molecule has 2 aromatic heterocycles. The number of sulfone groups is 1. The highest BCUT2D eigenvalue weighted by Gasteiger charge is 2.26. The third-order valence-corrected chi connectivity index (χ3v) is 7.76. The Kier molecular flexibility index (Phi) is 8.74. The number of ether oxygens (including phenoxy) is 1. The van der Waals surface area contributed by atoms with Crippen molar-refractivity contribution in [3.8, 4) is 17.1 Å². The lowest BCUT2D eigenvalue weighted by Gasteiger charge is -2.23. The number of anilines is 2. The van der Waals surface area contributed by atoms with Gasteiger partial charge < -0.3 is 19.3 Å². The lowest BCUT2D eigenvalue weighted by Crippen LogP contribution is -2.29. The number of rotatable bonds is 11. The lowest BCUT2D eigenvalue weighted by molar-refractivity contribution is -0.140. The maximum absolute atomic E-state index is 13.5. The van der Waals surface area contributed by atoms with Crippen molar-refractivity contribution in [1.29, 1.82) is 0 Å². The van der Waals surface area contributed by atoms with Crippen LogP contribution in [0.3, 0.4) is 0 Å². The molecular formula is C30H28ClFN4O5S. The number of halogens is 2. The minimum atomic E-state index is -3.31. The minimum absolute atomic E-state index is 0.166. The van der Waals surface area contributed by atoms with Crippen LogP contribution in [0.2, 0.25) is 5.02 Å². The quantitative estimate of drug-likeness (QED) is 0.166. The average Bonchev–Trinajstić information content (AvgIpc) is 3.45. The average molecular weight is 611 g/mol. The summed E-state index contributed by atoms with van der Waals surface area (Å²) in [6.45, 7) is 0.175. The van der Waals surface area contributed by atoms with Crippen LogP contribution in [0.5, 0.6) is 5.75 Å². The van der Waals surface area contributed by atoms with Crippen molar-refractivity contribution >= 4 is 43.8 Å². The summed E-state index contributed by atoms with van der Waals surface area (Å²) in [5, 5.41) is 5.84. The molecule has 0 radical (unpaired) electrons. The van der Waals surface area contributed by atoms with Crippen molar-refractivity contribution in [2.75, 3.05) is 31.5 Å². The van der Waals surface area contributed by atoms with Gasteiger partial charge in [-0.2, -0.15) is 5.06 Å². The van der Waals surface area contributed by atoms with Crippen molar-refractivity contribution < 1.29 is 26.8 Å². The molecule has 1 atom stereocenters. The van der Waals surface area contributed by atoms with Crippen molar-refractivity contribution in [2.45, 2.75) is 12.6 Å². The third kappa shape index (κ3) is 7.05. The topological polar surface area (TPSA) is 107 Å². The zero-order valence-electron chi connectivity index (χ0n) is 23.0. The molecule has 12 heteroatoms. The molecule has 0 amide bonds. The van der Waals surface area contributed by atoms with E-state index in [1.807, 2.05) is 18.2 Å². The maximum atomic E-state index is 13.5. The summed E-state index contributed by atoms with van der Waals surface area (Å²) in [7, 11) is -0.186. The molecule has 0 aliphatic rings. The first kappa shape index (κ1) is 29.5. The Hall–Kier alpha value is -4.03. The molecule has 0 spiro atoms. The molecule has 2 heterocycles. The van der Waals surface area contributed by atoms with Gasteiger partial charge in [-0.05, 0) is 66.2 Å². The van der Waals surface area contributed by atoms with E-state index in [0.717, 1.165) is 10.9 Å². The van der Waals surface area contributed by atoms with Crippen molar-refractivity contribution in [3.05, 3.63) is 101 Å². The van der Waals surface area contributed by atoms with E-state index in [-0.39, 0.29) is 18.2 Å². The second-order valence-corrected chi connectivity index (χ2v) is 12.3. The summed E-state index contributed by atoms with van der Waals surface area (Å²) in [6.07, 6.45) is 2.63. The Bertz CT molecular complexity index is 1830. The fraction of sp³-hybridized carbons (Fsp3) is 0.200. The summed E-state index contributed by atoms with van der Waals surface area (Å²) in [6, 6.07) is 20.0. The van der Waals surface area contributed by atoms with Crippen LogP contribution in [-0.4, -0.2) is 49.6 Å². The van der Waals surface area contributed by atoms with Gasteiger partial charge in [0.25, 0.3) is 0 Å². The second-order valence-electron chi connectivity index (χ2n) is 9.68. The van der Waals surface area contributed by atoms with Gasteiger partial charge in [-0.3, -0.25) is 0 Å². The van der Waals surface area contributed by atoms with Gasteiger partial charge in [0.1, 0.15) is 57.7 Å². The molecule has 1 N–H and O–H groups in total. The number of nitrogens with zero attached hydrogens (tertiary/aromatic N) is 3. The van der Waals surface area contributed by atoms with Crippen molar-refractivity contribution in [1.82, 2.24) is 15.0 Å². The Morgan fingerprint density at radius 2 is 1.90 bits per heavy atom. The molecule has 5 aromatic rings. The first-order valence-electron chi connectivity index (χ1n) is 12.8. The Balaban J connectivity index is 1.38. The van der Waals surface area contributed by atoms with E-state index in [0.29, 0.717) is 44.9 Å². The highest BCUT2D eigenvalue weighted by atomic mass is 35.5. The van der Waals surface area contributed by atoms with Gasteiger partial charge in [0.2, 0.25) is 0 Å². The van der Waals surface area contributed by atoms with Crippen LogP contribution in [0.4, 0.5) is 15.9 Å². The molecule has 218 valence electrons. The zero-order valence-corrected chi connectivity index (χ0v) is 24.6. The fourth-order valence-corrected chi connectivity index (χ4v) is 5.58. The molecule has 0 aliphatic heterocycles. The van der Waals surface area contributed by atoms with Crippen LogP contribution < -0.4 is 10.1 Å². The van der Waals surface area contributed by atoms with E-state index in [9.17, 15) is 12.8 Å². The Morgan fingerprint density at radius 3 is 2.64 bits per heavy atom. The Labute approximate surface area is 247 Å². The van der Waals surface area contributed by atoms with Crippen LogP contribution in [0.25, 0.3) is 22.2 Å². The Morgan fingerprint density at radius 1 is 1.07 bits per heavy atom. The SMILES string of the molecule is CON(C)[C@H](CS(C)(=O)=O)c1ccc(-c2ccc3ncnc(Nc4ccc(OCc5cccc(F)c5)c(Cl)c4)c3c2)o1. The van der Waals surface area contributed by atoms with Crippen LogP contribution >= 0.6 is 11.6 Å². The number of furan rings is 1. The lowest BCUT2D eigenvalue weighted by atomic mass is 10.1. The summed E-state index contributed by atoms with van der Waals surface area (Å²) < 4.78 is 49.4. The van der Waals surface area contributed by atoms with Crippen molar-refractivity contribution in [3.63, 3.8) is 0 Å². The normalized spacial score (nSPS) is 12.5. The van der Waals surface area contributed by atoms with Crippen LogP contribution in [0.1, 0.15) is 17.4 Å². The van der Waals surface area contributed by atoms with Gasteiger partial charge in [-0.25, -0.2) is 22.8 Å². The second kappa shape index (κ2) is 12.5. The summed E-state index contributed by atoms with van der Waals surface area (Å²) >= 11 is 6.48. The van der Waals surface area contributed by atoms with Crippen LogP contribution in [0.15, 0.2) is 83.5 Å². The number of hydroxylamine groups is 2. The van der Waals surface area contributed by atoms with E-state index in [1.165, 1.54) is 36.9 Å². The first-order valence-corrected chi connectivity index (χ1v) is 15.3. The standard InChI is InChI=1S/C30H28ClFN4O5S/c1-36(39-2)26(17-42(3,37)38)29-12-11-27(41-29)20-7-9-25-23(14-20)30(34-18-33-25)35-22-8-10-28(24(31)15-22)40-16-19-5-4-6-21(32)13-19/h4-15,18,26H,16-17H2,1-3H3,(H,33,34,35)/t26-/m1/s1. The summed E-state index contributed by atoms with van der Waals surface area (Å²) in [4.78, 5) is 14.1. The molecule has 42 heavy (non-hydrogen) atoms. The van der Waals surface area contributed by atoms with Gasteiger partial charge >= 0.3 is 0 Å². The monoisotopic (exact) mass is 610 g/mol. The van der Waals surface area contributed by atoms with E-state index in [2.05, 4.69) is 15.3 Å². The number of hydrogen-bond donors (Lipinski definition) is 1. The highest BCUT2D eigenvalue weighted by Crippen LogP contribution is 2.34. The van der Waals surface area contributed by atoms with Crippen molar-refractivity contribution in [2.24, 2.45) is 0 Å². The van der Waals surface area contributed by atoms with Gasteiger partial charge in [0, 0.05) is 29.9 Å². The predicted octanol–water partition coefficient (Wildman–Crippen LogP) is 6.58. The molecule has 9 nitrogen and oxygen atoms in total. The molecule has 0 fully saturated rings. The molecule has 0 unspecified atom stereocenters. The first-order chi connectivity index (χ1) is 20.1. The van der Waals surface area contributed by atoms with E-state index < -0.39 is 15.9 Å². The summed E-state index contributed by atoms with van der Waals surface area (Å²) in [5.74, 6) is 1.52.